The fourth-order valence-electron chi connectivity index (χ4n) is 5.97. The van der Waals surface area contributed by atoms with E-state index in [4.69, 9.17) is 0 Å². The third kappa shape index (κ3) is 8.02. The first-order chi connectivity index (χ1) is 12.4. The van der Waals surface area contributed by atoms with Gasteiger partial charge in [-0.2, -0.15) is 0 Å². The number of rotatable bonds is 0. The van der Waals surface area contributed by atoms with Gasteiger partial charge < -0.3 is 0 Å². The number of hydrogen-bond acceptors (Lipinski definition) is 0. The highest BCUT2D eigenvalue weighted by Gasteiger charge is 2.39. The lowest BCUT2D eigenvalue weighted by Crippen LogP contribution is -2.38. The summed E-state index contributed by atoms with van der Waals surface area (Å²) in [6.07, 6.45) is 11.6. The van der Waals surface area contributed by atoms with Gasteiger partial charge in [-0.25, -0.2) is 0 Å². The predicted octanol–water partition coefficient (Wildman–Crippen LogP) is 9.77. The van der Waals surface area contributed by atoms with Crippen LogP contribution in [0.1, 0.15) is 134 Å². The minimum absolute atomic E-state index is 0.498. The van der Waals surface area contributed by atoms with Crippen molar-refractivity contribution in [3.8, 4) is 0 Å². The van der Waals surface area contributed by atoms with Crippen molar-refractivity contribution < 1.29 is 0 Å². The summed E-state index contributed by atoms with van der Waals surface area (Å²) >= 11 is 0. The standard InChI is InChI=1S/2C14H28/c1-13(2,3)11-8-7-9-12(10-11)14(4,5)6;1-13(2,3)11-9-7-8-10-12(11)14(4,5)6/h2*11-12H,7-10H2,1-6H3. The molecule has 4 atom stereocenters. The van der Waals surface area contributed by atoms with Gasteiger partial charge in [-0.1, -0.05) is 102 Å². The van der Waals surface area contributed by atoms with Crippen LogP contribution in [0.4, 0.5) is 0 Å². The molecule has 2 aliphatic rings. The molecule has 0 radical (unpaired) electrons. The van der Waals surface area contributed by atoms with E-state index in [1.165, 1.54) is 51.4 Å². The largest absolute Gasteiger partial charge is 0.0599 e. The van der Waals surface area contributed by atoms with Crippen LogP contribution in [0.25, 0.3) is 0 Å². The fraction of sp³-hybridized carbons (Fsp3) is 1.00. The van der Waals surface area contributed by atoms with Crippen molar-refractivity contribution in [1.29, 1.82) is 0 Å². The topological polar surface area (TPSA) is 0 Å². The summed E-state index contributed by atoms with van der Waals surface area (Å²) in [5.41, 5.74) is 2.03. The highest BCUT2D eigenvalue weighted by atomic mass is 14.4. The van der Waals surface area contributed by atoms with Gasteiger partial charge in [0.2, 0.25) is 0 Å². The molecule has 4 unspecified atom stereocenters. The molecule has 0 heteroatoms. The minimum atomic E-state index is 0.498. The molecule has 2 rings (SSSR count). The summed E-state index contributed by atoms with van der Waals surface area (Å²) in [6, 6.07) is 0. The van der Waals surface area contributed by atoms with Crippen molar-refractivity contribution in [3.05, 3.63) is 0 Å². The Morgan fingerprint density at radius 1 is 0.393 bits per heavy atom. The van der Waals surface area contributed by atoms with Crippen LogP contribution in [-0.2, 0) is 0 Å². The average molecular weight is 393 g/mol. The van der Waals surface area contributed by atoms with Crippen LogP contribution in [0, 0.1) is 45.3 Å². The van der Waals surface area contributed by atoms with Crippen LogP contribution >= 0.6 is 0 Å². The van der Waals surface area contributed by atoms with Gasteiger partial charge >= 0.3 is 0 Å². The molecule has 0 saturated heterocycles. The van der Waals surface area contributed by atoms with Crippen LogP contribution in [0.2, 0.25) is 0 Å². The highest BCUT2D eigenvalue weighted by molar-refractivity contribution is 4.89. The van der Waals surface area contributed by atoms with Crippen molar-refractivity contribution in [3.63, 3.8) is 0 Å². The van der Waals surface area contributed by atoms with Gasteiger partial charge in [-0.05, 0) is 77.4 Å². The molecule has 2 fully saturated rings. The van der Waals surface area contributed by atoms with Crippen molar-refractivity contribution >= 4 is 0 Å². The van der Waals surface area contributed by atoms with Gasteiger partial charge in [0.15, 0.2) is 0 Å². The van der Waals surface area contributed by atoms with E-state index >= 15 is 0 Å². The molecular weight excluding hydrogens is 336 g/mol. The quantitative estimate of drug-likeness (QED) is 0.384. The highest BCUT2D eigenvalue weighted by Crippen LogP contribution is 2.49. The van der Waals surface area contributed by atoms with Crippen molar-refractivity contribution in [1.82, 2.24) is 0 Å². The second-order valence-corrected chi connectivity index (χ2v) is 14.5. The Hall–Kier alpha value is 0. The Morgan fingerprint density at radius 2 is 0.714 bits per heavy atom. The molecule has 168 valence electrons. The SMILES string of the molecule is CC(C)(C)C1CCCC(C(C)(C)C)C1.CC(C)(C)C1CCCCC1C(C)(C)C. The van der Waals surface area contributed by atoms with Crippen molar-refractivity contribution in [2.75, 3.05) is 0 Å². The first-order valence-corrected chi connectivity index (χ1v) is 12.4. The van der Waals surface area contributed by atoms with E-state index in [1.807, 2.05) is 0 Å². The summed E-state index contributed by atoms with van der Waals surface area (Å²) in [5.74, 6) is 3.74. The maximum Gasteiger partial charge on any atom is -0.0332 e. The molecule has 0 aromatic heterocycles. The molecule has 0 heterocycles. The second-order valence-electron chi connectivity index (χ2n) is 14.5. The van der Waals surface area contributed by atoms with Crippen LogP contribution in [0.15, 0.2) is 0 Å². The summed E-state index contributed by atoms with van der Waals surface area (Å²) in [6.45, 7) is 28.9. The smallest absolute Gasteiger partial charge is 0.0332 e. The first kappa shape index (κ1) is 26.0. The van der Waals surface area contributed by atoms with Crippen LogP contribution in [0.5, 0.6) is 0 Å². The first-order valence-electron chi connectivity index (χ1n) is 12.4. The maximum absolute atomic E-state index is 2.42. The maximum atomic E-state index is 2.42. The van der Waals surface area contributed by atoms with Crippen LogP contribution < -0.4 is 0 Å². The molecule has 0 aromatic rings. The summed E-state index contributed by atoms with van der Waals surface area (Å²) < 4.78 is 0. The Balaban J connectivity index is 0.000000280. The molecule has 2 saturated carbocycles. The van der Waals surface area contributed by atoms with Crippen molar-refractivity contribution in [2.24, 2.45) is 45.3 Å². The average Bonchev–Trinajstić information content (AvgIpc) is 2.52. The molecule has 0 N–H and O–H groups in total. The van der Waals surface area contributed by atoms with Crippen LogP contribution in [-0.4, -0.2) is 0 Å². The molecule has 28 heavy (non-hydrogen) atoms. The van der Waals surface area contributed by atoms with E-state index in [9.17, 15) is 0 Å². The van der Waals surface area contributed by atoms with Crippen molar-refractivity contribution in [2.45, 2.75) is 134 Å². The monoisotopic (exact) mass is 392 g/mol. The molecule has 2 aliphatic carbocycles. The zero-order valence-electron chi connectivity index (χ0n) is 22.0. The Labute approximate surface area is 180 Å². The normalized spacial score (nSPS) is 30.4. The van der Waals surface area contributed by atoms with Gasteiger partial charge in [0, 0.05) is 0 Å². The lowest BCUT2D eigenvalue weighted by Gasteiger charge is -2.46. The molecule has 0 spiro atoms. The third-order valence-electron chi connectivity index (χ3n) is 8.11. The third-order valence-corrected chi connectivity index (χ3v) is 8.11. The van der Waals surface area contributed by atoms with E-state index in [0.29, 0.717) is 21.7 Å². The van der Waals surface area contributed by atoms with Crippen LogP contribution in [0.3, 0.4) is 0 Å². The lowest BCUT2D eigenvalue weighted by molar-refractivity contribution is 0.0335. The van der Waals surface area contributed by atoms with E-state index < -0.39 is 0 Å². The fourth-order valence-corrected chi connectivity index (χ4v) is 5.97. The molecule has 0 bridgehead atoms. The summed E-state index contributed by atoms with van der Waals surface area (Å²) in [5, 5.41) is 0. The second kappa shape index (κ2) is 9.43. The summed E-state index contributed by atoms with van der Waals surface area (Å²) in [4.78, 5) is 0. The van der Waals surface area contributed by atoms with E-state index in [0.717, 1.165) is 23.7 Å². The van der Waals surface area contributed by atoms with Gasteiger partial charge in [-0.15, -0.1) is 0 Å². The zero-order chi connectivity index (χ0) is 22.0. The van der Waals surface area contributed by atoms with Gasteiger partial charge in [0.05, 0.1) is 0 Å². The Bertz CT molecular complexity index is 400. The van der Waals surface area contributed by atoms with Gasteiger partial charge in [0.1, 0.15) is 0 Å². The molecule has 0 aliphatic heterocycles. The minimum Gasteiger partial charge on any atom is -0.0599 e. The lowest BCUT2D eigenvalue weighted by atomic mass is 9.59. The Kier molecular flexibility index (Phi) is 8.77. The predicted molar refractivity (Wildman–Crippen MR) is 129 cm³/mol. The van der Waals surface area contributed by atoms with Gasteiger partial charge in [-0.3, -0.25) is 0 Å². The van der Waals surface area contributed by atoms with E-state index in [1.54, 1.807) is 0 Å². The Morgan fingerprint density at radius 3 is 0.964 bits per heavy atom. The van der Waals surface area contributed by atoms with Gasteiger partial charge in [0.25, 0.3) is 0 Å². The van der Waals surface area contributed by atoms with E-state index in [2.05, 4.69) is 83.1 Å². The zero-order valence-corrected chi connectivity index (χ0v) is 22.0. The molecule has 0 nitrogen and oxygen atoms in total. The number of hydrogen-bond donors (Lipinski definition) is 0. The van der Waals surface area contributed by atoms with E-state index in [-0.39, 0.29) is 0 Å². The molecular formula is C28H56. The molecule has 0 amide bonds. The molecule has 0 aromatic carbocycles. The summed E-state index contributed by atoms with van der Waals surface area (Å²) in [7, 11) is 0.